The summed E-state index contributed by atoms with van der Waals surface area (Å²) < 4.78 is 4.90. The van der Waals surface area contributed by atoms with Gasteiger partial charge < -0.3 is 10.1 Å². The number of benzene rings is 1. The zero-order valence-corrected chi connectivity index (χ0v) is 14.0. The minimum absolute atomic E-state index is 0.147. The summed E-state index contributed by atoms with van der Waals surface area (Å²) in [5, 5.41) is 3.99. The van der Waals surface area contributed by atoms with Crippen LogP contribution in [0.3, 0.4) is 0 Å². The van der Waals surface area contributed by atoms with Gasteiger partial charge in [0.15, 0.2) is 0 Å². The molecule has 0 bridgehead atoms. The van der Waals surface area contributed by atoms with Gasteiger partial charge in [-0.2, -0.15) is 0 Å². The van der Waals surface area contributed by atoms with Crippen LogP contribution in [0.1, 0.15) is 23.2 Å². The summed E-state index contributed by atoms with van der Waals surface area (Å²) in [6.45, 7) is 0.817. The number of hydrogen-bond donors (Lipinski definition) is 2. The number of hydrogen-bond acceptors (Lipinski definition) is 4. The van der Waals surface area contributed by atoms with Crippen molar-refractivity contribution in [1.82, 2.24) is 10.7 Å². The van der Waals surface area contributed by atoms with Crippen molar-refractivity contribution in [2.24, 2.45) is 11.8 Å². The van der Waals surface area contributed by atoms with Gasteiger partial charge in [0.25, 0.3) is 5.91 Å². The Morgan fingerprint density at radius 2 is 2.04 bits per heavy atom. The van der Waals surface area contributed by atoms with Crippen LogP contribution in [0.5, 0.6) is 0 Å². The van der Waals surface area contributed by atoms with Crippen LogP contribution in [0.2, 0.25) is 0 Å². The first-order chi connectivity index (χ1) is 12.1. The van der Waals surface area contributed by atoms with E-state index >= 15 is 0 Å². The van der Waals surface area contributed by atoms with Crippen LogP contribution in [0.25, 0.3) is 0 Å². The molecule has 1 aromatic rings. The van der Waals surface area contributed by atoms with E-state index in [0.717, 1.165) is 0 Å². The molecule has 0 spiro atoms. The van der Waals surface area contributed by atoms with Crippen LogP contribution in [0, 0.1) is 11.8 Å². The summed E-state index contributed by atoms with van der Waals surface area (Å²) >= 11 is 0. The number of nitrogens with zero attached hydrogens (tertiary/aromatic N) is 1. The van der Waals surface area contributed by atoms with E-state index < -0.39 is 0 Å². The van der Waals surface area contributed by atoms with Gasteiger partial charge in [0, 0.05) is 19.2 Å². The number of allylic oxidation sites excluding steroid dienone is 2. The molecule has 25 heavy (non-hydrogen) atoms. The molecule has 0 radical (unpaired) electrons. The first-order valence-electron chi connectivity index (χ1n) is 8.28. The van der Waals surface area contributed by atoms with Gasteiger partial charge in [-0.15, -0.1) is 0 Å². The molecule has 1 aliphatic heterocycles. The molecule has 1 heterocycles. The molecule has 1 aliphatic carbocycles. The van der Waals surface area contributed by atoms with Crippen LogP contribution in [0.4, 0.5) is 5.69 Å². The molecule has 0 saturated carbocycles. The average molecular weight is 343 g/mol. The normalized spacial score (nSPS) is 22.4. The van der Waals surface area contributed by atoms with E-state index in [0.29, 0.717) is 37.2 Å². The molecule has 132 valence electrons. The number of fused-ring (bicyclic) bond motifs is 1. The van der Waals surface area contributed by atoms with Crippen LogP contribution in [-0.4, -0.2) is 38.0 Å². The van der Waals surface area contributed by atoms with Gasteiger partial charge in [-0.1, -0.05) is 18.2 Å². The maximum Gasteiger partial charge on any atom is 0.251 e. The van der Waals surface area contributed by atoms with Crippen molar-refractivity contribution >= 4 is 23.4 Å². The van der Waals surface area contributed by atoms with Gasteiger partial charge in [0.2, 0.25) is 11.8 Å². The molecule has 1 aromatic carbocycles. The molecule has 7 heteroatoms. The Kier molecular flexibility index (Phi) is 5.14. The highest BCUT2D eigenvalue weighted by atomic mass is 16.5. The molecule has 2 N–H and O–H groups in total. The summed E-state index contributed by atoms with van der Waals surface area (Å²) in [6.07, 6.45) is 5.02. The summed E-state index contributed by atoms with van der Waals surface area (Å²) in [4.78, 5) is 37.2. The Hall–Kier alpha value is -2.67. The van der Waals surface area contributed by atoms with Gasteiger partial charge in [-0.25, -0.2) is 5.01 Å². The molecule has 2 aliphatic rings. The minimum Gasteiger partial charge on any atom is -0.383 e. The van der Waals surface area contributed by atoms with Crippen LogP contribution in [0.15, 0.2) is 36.4 Å². The summed E-state index contributed by atoms with van der Waals surface area (Å²) in [5.74, 6) is -1.23. The fraction of sp³-hybridized carbons (Fsp3) is 0.389. The molecule has 3 amide bonds. The van der Waals surface area contributed by atoms with Crippen LogP contribution in [-0.2, 0) is 14.3 Å². The van der Waals surface area contributed by atoms with Crippen LogP contribution >= 0.6 is 0 Å². The second-order valence-electron chi connectivity index (χ2n) is 6.10. The highest BCUT2D eigenvalue weighted by molar-refractivity contribution is 6.05. The highest BCUT2D eigenvalue weighted by Gasteiger charge is 2.42. The Labute approximate surface area is 146 Å². The fourth-order valence-electron chi connectivity index (χ4n) is 3.14. The smallest absolute Gasteiger partial charge is 0.251 e. The number of carbonyl (C=O) groups excluding carboxylic acids is 3. The zero-order valence-electron chi connectivity index (χ0n) is 14.0. The largest absolute Gasteiger partial charge is 0.383 e. The molecule has 1 saturated heterocycles. The first kappa shape index (κ1) is 17.2. The predicted octanol–water partition coefficient (Wildman–Crippen LogP) is 1.02. The third kappa shape index (κ3) is 3.56. The summed E-state index contributed by atoms with van der Waals surface area (Å²) in [7, 11) is 1.56. The van der Waals surface area contributed by atoms with E-state index in [1.165, 1.54) is 5.01 Å². The van der Waals surface area contributed by atoms with E-state index in [1.807, 2.05) is 12.2 Å². The standard InChI is InChI=1S/C18H21N3O4/c1-25-10-9-19-16(22)12-5-4-6-13(11-12)21-18(24)15-8-3-2-7-14(15)17(23)20-21/h2-6,11,14-15H,7-10H2,1H3,(H,19,22)(H,20,23)/t14-,15+/m0/s1. The molecule has 1 fully saturated rings. The maximum absolute atomic E-state index is 12.8. The van der Waals surface area contributed by atoms with Gasteiger partial charge in [0.1, 0.15) is 0 Å². The van der Waals surface area contributed by atoms with Crippen molar-refractivity contribution in [1.29, 1.82) is 0 Å². The van der Waals surface area contributed by atoms with Gasteiger partial charge >= 0.3 is 0 Å². The highest BCUT2D eigenvalue weighted by Crippen LogP contribution is 2.32. The average Bonchev–Trinajstić information content (AvgIpc) is 2.65. The second kappa shape index (κ2) is 7.48. The lowest BCUT2D eigenvalue weighted by atomic mass is 9.80. The molecule has 0 aromatic heterocycles. The van der Waals surface area contributed by atoms with Crippen molar-refractivity contribution in [3.8, 4) is 0 Å². The molecular formula is C18H21N3O4. The van der Waals surface area contributed by atoms with Gasteiger partial charge in [0.05, 0.1) is 24.1 Å². The topological polar surface area (TPSA) is 87.7 Å². The van der Waals surface area contributed by atoms with E-state index in [2.05, 4.69) is 10.7 Å². The maximum atomic E-state index is 12.8. The predicted molar refractivity (Wildman–Crippen MR) is 91.6 cm³/mol. The van der Waals surface area contributed by atoms with Crippen LogP contribution < -0.4 is 15.8 Å². The lowest BCUT2D eigenvalue weighted by molar-refractivity contribution is -0.139. The monoisotopic (exact) mass is 343 g/mol. The SMILES string of the molecule is COCCNC(=O)c1cccc(N2NC(=O)[C@H]3CC=CC[C@H]3C2=O)c1. The Balaban J connectivity index is 1.78. The van der Waals surface area contributed by atoms with Crippen molar-refractivity contribution in [3.05, 3.63) is 42.0 Å². The van der Waals surface area contributed by atoms with E-state index in [4.69, 9.17) is 4.74 Å². The molecular weight excluding hydrogens is 322 g/mol. The van der Waals surface area contributed by atoms with Crippen molar-refractivity contribution in [2.75, 3.05) is 25.3 Å². The van der Waals surface area contributed by atoms with Crippen molar-refractivity contribution < 1.29 is 19.1 Å². The number of rotatable bonds is 5. The third-order valence-corrected chi connectivity index (χ3v) is 4.49. The number of amides is 3. The Bertz CT molecular complexity index is 716. The Morgan fingerprint density at radius 1 is 1.28 bits per heavy atom. The lowest BCUT2D eigenvalue weighted by Crippen LogP contribution is -2.59. The molecule has 3 rings (SSSR count). The van der Waals surface area contributed by atoms with E-state index in [-0.39, 0.29) is 29.6 Å². The molecule has 0 unspecified atom stereocenters. The summed E-state index contributed by atoms with van der Waals surface area (Å²) in [6, 6.07) is 6.64. The number of hydrazine groups is 1. The van der Waals surface area contributed by atoms with Gasteiger partial charge in [-0.3, -0.25) is 19.8 Å². The minimum atomic E-state index is -0.349. The lowest BCUT2D eigenvalue weighted by Gasteiger charge is -2.38. The van der Waals surface area contributed by atoms with E-state index in [9.17, 15) is 14.4 Å². The van der Waals surface area contributed by atoms with Gasteiger partial charge in [-0.05, 0) is 31.0 Å². The third-order valence-electron chi connectivity index (χ3n) is 4.49. The first-order valence-corrected chi connectivity index (χ1v) is 8.28. The number of methoxy groups -OCH3 is 1. The Morgan fingerprint density at radius 3 is 2.80 bits per heavy atom. The van der Waals surface area contributed by atoms with E-state index in [1.54, 1.807) is 31.4 Å². The molecule has 2 atom stereocenters. The number of nitrogens with one attached hydrogen (secondary N) is 2. The number of ether oxygens (including phenoxy) is 1. The number of carbonyl (C=O) groups is 3. The zero-order chi connectivity index (χ0) is 17.8. The van der Waals surface area contributed by atoms with Crippen molar-refractivity contribution in [3.63, 3.8) is 0 Å². The summed E-state index contributed by atoms with van der Waals surface area (Å²) in [5.41, 5.74) is 3.55. The fourth-order valence-corrected chi connectivity index (χ4v) is 3.14. The second-order valence-corrected chi connectivity index (χ2v) is 6.10. The van der Waals surface area contributed by atoms with Crippen molar-refractivity contribution in [2.45, 2.75) is 12.8 Å². The quantitative estimate of drug-likeness (QED) is 0.617. The molecule has 7 nitrogen and oxygen atoms in total. The number of anilines is 1.